The van der Waals surface area contributed by atoms with E-state index in [-0.39, 0.29) is 23.4 Å². The summed E-state index contributed by atoms with van der Waals surface area (Å²) in [6.45, 7) is 9.79. The molecule has 1 saturated carbocycles. The highest BCUT2D eigenvalue weighted by atomic mass is 79.9. The Morgan fingerprint density at radius 3 is 2.03 bits per heavy atom. The van der Waals surface area contributed by atoms with Gasteiger partial charge in [-0.3, -0.25) is 13.8 Å². The van der Waals surface area contributed by atoms with Gasteiger partial charge in [0.25, 0.3) is 10.1 Å². The number of ether oxygens (including phenoxy) is 2. The minimum Gasteiger partial charge on any atom is -0.466 e. The van der Waals surface area contributed by atoms with Crippen LogP contribution >= 0.6 is 15.9 Å². The molecule has 1 aromatic carbocycles. The van der Waals surface area contributed by atoms with Crippen LogP contribution in [0.5, 0.6) is 0 Å². The molecule has 32 heavy (non-hydrogen) atoms. The average Bonchev–Trinajstić information content (AvgIpc) is 3.52. The predicted octanol–water partition coefficient (Wildman–Crippen LogP) is 4.86. The topological polar surface area (TPSA) is 96.0 Å². The van der Waals surface area contributed by atoms with Crippen molar-refractivity contribution in [1.29, 1.82) is 0 Å². The monoisotopic (exact) mass is 532 g/mol. The first-order valence-electron chi connectivity index (χ1n) is 10.6. The lowest BCUT2D eigenvalue weighted by molar-refractivity contribution is -0.144. The van der Waals surface area contributed by atoms with Crippen molar-refractivity contribution in [3.05, 3.63) is 42.0 Å². The maximum atomic E-state index is 12.2. The normalized spacial score (nSPS) is 14.0. The summed E-state index contributed by atoms with van der Waals surface area (Å²) in [6.07, 6.45) is 3.25. The van der Waals surface area contributed by atoms with E-state index in [4.69, 9.17) is 13.7 Å². The Labute approximate surface area is 199 Å². The quantitative estimate of drug-likeness (QED) is 0.164. The lowest BCUT2D eigenvalue weighted by Gasteiger charge is -2.16. The number of benzene rings is 1. The van der Waals surface area contributed by atoms with Gasteiger partial charge in [-0.2, -0.15) is 8.42 Å². The van der Waals surface area contributed by atoms with Gasteiger partial charge in [0.1, 0.15) is 0 Å². The Kier molecular flexibility index (Phi) is 12.2. The fraction of sp³-hybridized carbons (Fsp3) is 0.565. The van der Waals surface area contributed by atoms with Crippen molar-refractivity contribution < 1.29 is 31.7 Å². The second-order valence-corrected chi connectivity index (χ2v) is 9.67. The zero-order valence-electron chi connectivity index (χ0n) is 19.0. The van der Waals surface area contributed by atoms with Crippen LogP contribution in [0.1, 0.15) is 57.9 Å². The zero-order valence-corrected chi connectivity index (χ0v) is 21.4. The molecule has 0 heterocycles. The van der Waals surface area contributed by atoms with E-state index in [1.807, 2.05) is 6.92 Å². The highest BCUT2D eigenvalue weighted by molar-refractivity contribution is 9.09. The van der Waals surface area contributed by atoms with Crippen molar-refractivity contribution in [2.75, 3.05) is 18.5 Å². The summed E-state index contributed by atoms with van der Waals surface area (Å²) in [7, 11) is -3.77. The molecule has 0 aromatic heterocycles. The second-order valence-electron chi connectivity index (χ2n) is 7.57. The lowest BCUT2D eigenvalue weighted by Crippen LogP contribution is -2.22. The van der Waals surface area contributed by atoms with Gasteiger partial charge in [-0.05, 0) is 31.9 Å². The number of carbonyl (C=O) groups excluding carboxylic acids is 2. The van der Waals surface area contributed by atoms with E-state index in [9.17, 15) is 18.0 Å². The van der Waals surface area contributed by atoms with Gasteiger partial charge in [0, 0.05) is 31.0 Å². The summed E-state index contributed by atoms with van der Waals surface area (Å²) in [4.78, 5) is 21.9. The van der Waals surface area contributed by atoms with Gasteiger partial charge < -0.3 is 9.47 Å². The van der Waals surface area contributed by atoms with Crippen molar-refractivity contribution in [1.82, 2.24) is 0 Å². The SMILES string of the molecule is C=C(CBr)CCOC(=O)CC.CCC(=O)OCCC1(OS(=O)(=O)c2ccc(C)cc2)CC1. The van der Waals surface area contributed by atoms with Crippen molar-refractivity contribution in [2.24, 2.45) is 0 Å². The Morgan fingerprint density at radius 2 is 1.56 bits per heavy atom. The Balaban J connectivity index is 0.000000396. The molecule has 0 atom stereocenters. The van der Waals surface area contributed by atoms with E-state index in [0.717, 1.165) is 22.9 Å². The summed E-state index contributed by atoms with van der Waals surface area (Å²) < 4.78 is 39.6. The van der Waals surface area contributed by atoms with Crippen LogP contribution in [0.2, 0.25) is 0 Å². The van der Waals surface area contributed by atoms with Gasteiger partial charge in [-0.1, -0.05) is 59.6 Å². The maximum Gasteiger partial charge on any atom is 0.305 e. The average molecular weight is 533 g/mol. The number of carbonyl (C=O) groups is 2. The van der Waals surface area contributed by atoms with Crippen molar-refractivity contribution >= 4 is 38.0 Å². The van der Waals surface area contributed by atoms with Gasteiger partial charge in [-0.15, -0.1) is 0 Å². The summed E-state index contributed by atoms with van der Waals surface area (Å²) in [5.41, 5.74) is 1.34. The Bertz CT molecular complexity index is 843. The van der Waals surface area contributed by atoms with E-state index in [1.54, 1.807) is 26.0 Å². The first kappa shape index (κ1) is 28.3. The first-order chi connectivity index (χ1) is 15.1. The van der Waals surface area contributed by atoms with Crippen LogP contribution < -0.4 is 0 Å². The predicted molar refractivity (Wildman–Crippen MR) is 126 cm³/mol. The largest absolute Gasteiger partial charge is 0.466 e. The third-order valence-corrected chi connectivity index (χ3v) is 6.93. The van der Waals surface area contributed by atoms with E-state index in [0.29, 0.717) is 38.7 Å². The van der Waals surface area contributed by atoms with E-state index in [2.05, 4.69) is 22.5 Å². The fourth-order valence-corrected chi connectivity index (χ4v) is 3.99. The molecule has 9 heteroatoms. The van der Waals surface area contributed by atoms with E-state index in [1.165, 1.54) is 12.1 Å². The van der Waals surface area contributed by atoms with Gasteiger partial charge in [0.15, 0.2) is 0 Å². The number of halogens is 1. The minimum absolute atomic E-state index is 0.146. The van der Waals surface area contributed by atoms with Gasteiger partial charge in [0.05, 0.1) is 23.7 Å². The highest BCUT2D eigenvalue weighted by Crippen LogP contribution is 2.45. The molecule has 0 N–H and O–H groups in total. The maximum absolute atomic E-state index is 12.2. The van der Waals surface area contributed by atoms with Crippen LogP contribution in [0.15, 0.2) is 41.3 Å². The van der Waals surface area contributed by atoms with E-state index < -0.39 is 15.7 Å². The van der Waals surface area contributed by atoms with Crippen LogP contribution in [0.25, 0.3) is 0 Å². The number of alkyl halides is 1. The molecule has 2 rings (SSSR count). The van der Waals surface area contributed by atoms with Gasteiger partial charge in [-0.25, -0.2) is 0 Å². The van der Waals surface area contributed by atoms with E-state index >= 15 is 0 Å². The summed E-state index contributed by atoms with van der Waals surface area (Å²) in [6, 6.07) is 6.55. The minimum atomic E-state index is -3.77. The molecule has 0 bridgehead atoms. The molecular weight excluding hydrogens is 500 g/mol. The second kappa shape index (κ2) is 13.7. The van der Waals surface area contributed by atoms with Crippen LogP contribution in [0.4, 0.5) is 0 Å². The Hall–Kier alpha value is -1.71. The number of hydrogen-bond acceptors (Lipinski definition) is 7. The third-order valence-electron chi connectivity index (χ3n) is 4.71. The summed E-state index contributed by atoms with van der Waals surface area (Å²) >= 11 is 3.26. The highest BCUT2D eigenvalue weighted by Gasteiger charge is 2.48. The van der Waals surface area contributed by atoms with Gasteiger partial charge >= 0.3 is 11.9 Å². The standard InChI is InChI=1S/C15H20O5S.C8H13BrO2/c1-3-14(16)19-11-10-15(8-9-15)20-21(17,18)13-6-4-12(2)5-7-13;1-3-8(10)11-5-4-7(2)6-9/h4-7H,3,8-11H2,1-2H3;2-6H2,1H3. The van der Waals surface area contributed by atoms with Crippen LogP contribution in [-0.2, 0) is 33.4 Å². The number of aryl methyl sites for hydroxylation is 1. The zero-order chi connectivity index (χ0) is 24.2. The van der Waals surface area contributed by atoms with Crippen LogP contribution in [0.3, 0.4) is 0 Å². The number of rotatable bonds is 12. The van der Waals surface area contributed by atoms with Crippen molar-refractivity contribution in [3.8, 4) is 0 Å². The van der Waals surface area contributed by atoms with Crippen molar-refractivity contribution in [2.45, 2.75) is 69.8 Å². The van der Waals surface area contributed by atoms with Crippen LogP contribution in [-0.4, -0.2) is 44.5 Å². The van der Waals surface area contributed by atoms with Crippen molar-refractivity contribution in [3.63, 3.8) is 0 Å². The fourth-order valence-electron chi connectivity index (χ4n) is 2.43. The number of esters is 2. The smallest absolute Gasteiger partial charge is 0.305 e. The molecule has 1 aliphatic rings. The molecule has 180 valence electrons. The summed E-state index contributed by atoms with van der Waals surface area (Å²) in [5.74, 6) is -0.431. The number of hydrogen-bond donors (Lipinski definition) is 0. The lowest BCUT2D eigenvalue weighted by atomic mass is 10.2. The molecule has 0 saturated heterocycles. The van der Waals surface area contributed by atoms with Gasteiger partial charge in [0.2, 0.25) is 0 Å². The Morgan fingerprint density at radius 1 is 1.03 bits per heavy atom. The van der Waals surface area contributed by atoms with Crippen LogP contribution in [0, 0.1) is 6.92 Å². The molecule has 0 spiro atoms. The molecule has 1 aromatic rings. The summed E-state index contributed by atoms with van der Waals surface area (Å²) in [5, 5.41) is 0.774. The molecule has 0 amide bonds. The molecule has 0 radical (unpaired) electrons. The molecule has 1 fully saturated rings. The molecule has 0 aliphatic heterocycles. The molecular formula is C23H33BrO7S. The molecule has 0 unspecified atom stereocenters. The first-order valence-corrected chi connectivity index (χ1v) is 13.2. The third kappa shape index (κ3) is 10.7. The molecule has 7 nitrogen and oxygen atoms in total. The molecule has 1 aliphatic carbocycles.